The van der Waals surface area contributed by atoms with E-state index in [1.54, 1.807) is 0 Å². The summed E-state index contributed by atoms with van der Waals surface area (Å²) < 4.78 is 0. The van der Waals surface area contributed by atoms with Gasteiger partial charge < -0.3 is 15.2 Å². The largest absolute Gasteiger partial charge is 0.360 e. The van der Waals surface area contributed by atoms with E-state index in [0.29, 0.717) is 17.4 Å². The first kappa shape index (κ1) is 14.2. The van der Waals surface area contributed by atoms with Crippen LogP contribution in [0.2, 0.25) is 0 Å². The standard InChI is InChI=1S/C18H26N4/c1-4-7-22-10-18(11-22)9-20-17(18)15-6-5-14-16(21-15)13(8-19-14)12(2)3/h5-6,8,12,17,19-20H,4,7,9-11H2,1-3H3. The number of aromatic amines is 1. The zero-order chi connectivity index (χ0) is 15.3. The fourth-order valence-electron chi connectivity index (χ4n) is 4.16. The first-order valence-electron chi connectivity index (χ1n) is 8.56. The minimum Gasteiger partial charge on any atom is -0.360 e. The fraction of sp³-hybridized carbons (Fsp3) is 0.611. The van der Waals surface area contributed by atoms with Crippen molar-refractivity contribution in [3.8, 4) is 0 Å². The van der Waals surface area contributed by atoms with Crippen LogP contribution in [0.1, 0.15) is 50.4 Å². The molecule has 1 spiro atoms. The normalized spacial score (nSPS) is 23.9. The number of nitrogens with zero attached hydrogens (tertiary/aromatic N) is 2. The maximum atomic E-state index is 5.01. The van der Waals surface area contributed by atoms with E-state index >= 15 is 0 Å². The Morgan fingerprint density at radius 1 is 1.36 bits per heavy atom. The Bertz CT molecular complexity index is 681. The molecule has 4 rings (SSSR count). The predicted octanol–water partition coefficient (Wildman–Crippen LogP) is 3.04. The van der Waals surface area contributed by atoms with Crippen LogP contribution in [0.3, 0.4) is 0 Å². The molecule has 2 aromatic heterocycles. The number of pyridine rings is 1. The molecule has 4 nitrogen and oxygen atoms in total. The summed E-state index contributed by atoms with van der Waals surface area (Å²) in [7, 11) is 0. The summed E-state index contributed by atoms with van der Waals surface area (Å²) in [5.74, 6) is 0.503. The van der Waals surface area contributed by atoms with Gasteiger partial charge in [-0.25, -0.2) is 4.98 Å². The van der Waals surface area contributed by atoms with Crippen LogP contribution in [-0.2, 0) is 0 Å². The van der Waals surface area contributed by atoms with Gasteiger partial charge in [-0.1, -0.05) is 20.8 Å². The summed E-state index contributed by atoms with van der Waals surface area (Å²) in [6.07, 6.45) is 3.36. The molecule has 0 saturated carbocycles. The Morgan fingerprint density at radius 3 is 2.82 bits per heavy atom. The molecule has 0 radical (unpaired) electrons. The summed E-state index contributed by atoms with van der Waals surface area (Å²) in [5.41, 5.74) is 5.29. The monoisotopic (exact) mass is 298 g/mol. The van der Waals surface area contributed by atoms with Crippen LogP contribution in [0.5, 0.6) is 0 Å². The fourth-order valence-corrected chi connectivity index (χ4v) is 4.16. The Hall–Kier alpha value is -1.39. The van der Waals surface area contributed by atoms with Crippen molar-refractivity contribution >= 4 is 11.0 Å². The molecule has 2 saturated heterocycles. The minimum atomic E-state index is 0.430. The highest BCUT2D eigenvalue weighted by atomic mass is 15.3. The molecule has 2 N–H and O–H groups in total. The van der Waals surface area contributed by atoms with Crippen LogP contribution in [0.25, 0.3) is 11.0 Å². The van der Waals surface area contributed by atoms with Crippen LogP contribution >= 0.6 is 0 Å². The lowest BCUT2D eigenvalue weighted by molar-refractivity contribution is -0.0830. The van der Waals surface area contributed by atoms with E-state index < -0.39 is 0 Å². The van der Waals surface area contributed by atoms with Crippen LogP contribution in [0.4, 0.5) is 0 Å². The van der Waals surface area contributed by atoms with E-state index in [9.17, 15) is 0 Å². The summed E-state index contributed by atoms with van der Waals surface area (Å²) in [6, 6.07) is 4.82. The van der Waals surface area contributed by atoms with Crippen LogP contribution in [-0.4, -0.2) is 41.0 Å². The number of nitrogens with one attached hydrogen (secondary N) is 2. The number of rotatable bonds is 4. The van der Waals surface area contributed by atoms with Gasteiger partial charge in [0.05, 0.1) is 22.8 Å². The first-order valence-corrected chi connectivity index (χ1v) is 8.56. The molecule has 22 heavy (non-hydrogen) atoms. The highest BCUT2D eigenvalue weighted by Gasteiger charge is 2.55. The second-order valence-electron chi connectivity index (χ2n) is 7.42. The van der Waals surface area contributed by atoms with Crippen LogP contribution in [0, 0.1) is 5.41 Å². The molecule has 2 aliphatic heterocycles. The SMILES string of the molecule is CCCN1CC2(CNC2c2ccc3[nH]cc(C(C)C)c3n2)C1. The van der Waals surface area contributed by atoms with Crippen molar-refractivity contribution in [2.75, 3.05) is 26.2 Å². The summed E-state index contributed by atoms with van der Waals surface area (Å²) >= 11 is 0. The van der Waals surface area contributed by atoms with Gasteiger partial charge in [0.2, 0.25) is 0 Å². The average Bonchev–Trinajstić information content (AvgIpc) is 2.84. The highest BCUT2D eigenvalue weighted by Crippen LogP contribution is 2.47. The Labute approximate surface area is 132 Å². The van der Waals surface area contributed by atoms with Crippen molar-refractivity contribution in [3.63, 3.8) is 0 Å². The number of hydrogen-bond donors (Lipinski definition) is 2. The van der Waals surface area contributed by atoms with Gasteiger partial charge in [0, 0.05) is 31.2 Å². The second-order valence-corrected chi connectivity index (χ2v) is 7.42. The third-order valence-electron chi connectivity index (χ3n) is 5.38. The molecule has 0 amide bonds. The van der Waals surface area contributed by atoms with Crippen molar-refractivity contribution in [2.45, 2.75) is 39.2 Å². The Kier molecular flexibility index (Phi) is 3.27. The summed E-state index contributed by atoms with van der Waals surface area (Å²) in [4.78, 5) is 10.9. The predicted molar refractivity (Wildman–Crippen MR) is 90.1 cm³/mol. The molecule has 1 unspecified atom stereocenters. The Morgan fingerprint density at radius 2 is 2.18 bits per heavy atom. The Balaban J connectivity index is 1.61. The van der Waals surface area contributed by atoms with E-state index in [1.165, 1.54) is 37.3 Å². The third kappa shape index (κ3) is 2.01. The average molecular weight is 298 g/mol. The lowest BCUT2D eigenvalue weighted by Crippen LogP contribution is -2.72. The smallest absolute Gasteiger partial charge is 0.0917 e. The van der Waals surface area contributed by atoms with E-state index in [2.05, 4.69) is 54.3 Å². The molecule has 2 fully saturated rings. The maximum Gasteiger partial charge on any atom is 0.0917 e. The topological polar surface area (TPSA) is 44.0 Å². The number of likely N-dealkylation sites (tertiary alicyclic amines) is 1. The van der Waals surface area contributed by atoms with Gasteiger partial charge in [-0.2, -0.15) is 0 Å². The number of hydrogen-bond acceptors (Lipinski definition) is 3. The zero-order valence-corrected chi connectivity index (χ0v) is 13.8. The first-order chi connectivity index (χ1) is 10.6. The highest BCUT2D eigenvalue weighted by molar-refractivity contribution is 5.79. The van der Waals surface area contributed by atoms with Crippen molar-refractivity contribution in [1.82, 2.24) is 20.2 Å². The van der Waals surface area contributed by atoms with Crippen LogP contribution < -0.4 is 5.32 Å². The summed E-state index contributed by atoms with van der Waals surface area (Å²) in [5, 5.41) is 3.62. The molecule has 0 bridgehead atoms. The van der Waals surface area contributed by atoms with Gasteiger partial charge in [-0.05, 0) is 36.6 Å². The van der Waals surface area contributed by atoms with Gasteiger partial charge in [-0.15, -0.1) is 0 Å². The number of H-pyrrole nitrogens is 1. The molecule has 0 aliphatic carbocycles. The van der Waals surface area contributed by atoms with E-state index in [0.717, 1.165) is 17.6 Å². The molecule has 118 valence electrons. The molecule has 2 aliphatic rings. The van der Waals surface area contributed by atoms with E-state index in [-0.39, 0.29) is 0 Å². The van der Waals surface area contributed by atoms with Crippen LogP contribution in [0.15, 0.2) is 18.3 Å². The van der Waals surface area contributed by atoms with Gasteiger partial charge in [0.15, 0.2) is 0 Å². The molecular weight excluding hydrogens is 272 g/mol. The molecule has 4 heterocycles. The van der Waals surface area contributed by atoms with Gasteiger partial charge >= 0.3 is 0 Å². The summed E-state index contributed by atoms with van der Waals surface area (Å²) in [6.45, 7) is 11.5. The lowest BCUT2D eigenvalue weighted by atomic mass is 9.66. The quantitative estimate of drug-likeness (QED) is 0.912. The molecule has 2 aromatic rings. The van der Waals surface area contributed by atoms with Gasteiger partial charge in [0.25, 0.3) is 0 Å². The second kappa shape index (κ2) is 5.07. The van der Waals surface area contributed by atoms with Crippen molar-refractivity contribution in [2.24, 2.45) is 5.41 Å². The minimum absolute atomic E-state index is 0.430. The molecule has 4 heteroatoms. The number of fused-ring (bicyclic) bond motifs is 1. The van der Waals surface area contributed by atoms with E-state index in [1.807, 2.05) is 0 Å². The maximum absolute atomic E-state index is 5.01. The number of aromatic nitrogens is 2. The third-order valence-corrected chi connectivity index (χ3v) is 5.38. The van der Waals surface area contributed by atoms with Crippen molar-refractivity contribution in [3.05, 3.63) is 29.6 Å². The zero-order valence-electron chi connectivity index (χ0n) is 13.8. The van der Waals surface area contributed by atoms with E-state index in [4.69, 9.17) is 4.98 Å². The van der Waals surface area contributed by atoms with Crippen molar-refractivity contribution in [1.29, 1.82) is 0 Å². The molecule has 1 atom stereocenters. The molecular formula is C18H26N4. The van der Waals surface area contributed by atoms with Gasteiger partial charge in [-0.3, -0.25) is 0 Å². The lowest BCUT2D eigenvalue weighted by Gasteiger charge is -2.61. The molecule has 0 aromatic carbocycles. The van der Waals surface area contributed by atoms with Crippen molar-refractivity contribution < 1.29 is 0 Å². The van der Waals surface area contributed by atoms with Gasteiger partial charge in [0.1, 0.15) is 0 Å².